The van der Waals surface area contributed by atoms with Crippen molar-refractivity contribution in [2.45, 2.75) is 12.4 Å². The van der Waals surface area contributed by atoms with Gasteiger partial charge in [-0.25, -0.2) is 4.98 Å². The van der Waals surface area contributed by atoms with Gasteiger partial charge in [0.15, 0.2) is 10.2 Å². The van der Waals surface area contributed by atoms with Crippen molar-refractivity contribution in [1.82, 2.24) is 4.98 Å². The summed E-state index contributed by atoms with van der Waals surface area (Å²) >= 11 is 6.14. The minimum absolute atomic E-state index is 0.0650. The second-order valence-corrected chi connectivity index (χ2v) is 7.43. The normalized spacial score (nSPS) is 12.4. The second-order valence-electron chi connectivity index (χ2n) is 4.31. The van der Waals surface area contributed by atoms with Gasteiger partial charge in [0.2, 0.25) is 5.78 Å². The number of halogens is 4. The predicted octanol–water partition coefficient (Wildman–Crippen LogP) is 1.42. The average Bonchev–Trinajstić information content (AvgIpc) is 2.76. The lowest BCUT2D eigenvalue weighted by atomic mass is 10.0. The van der Waals surface area contributed by atoms with Crippen LogP contribution in [0.15, 0.2) is 6.07 Å². The monoisotopic (exact) mass is 402 g/mol. The number of Topliss-reactive ketones (excluding diaryl/α,β-unsaturated/α-hetero) is 1. The van der Waals surface area contributed by atoms with Crippen LogP contribution < -0.4 is 9.29 Å². The molecule has 13 heteroatoms. The van der Waals surface area contributed by atoms with Crippen LogP contribution in [0.25, 0.3) is 10.2 Å². The van der Waals surface area contributed by atoms with E-state index in [9.17, 15) is 36.3 Å². The number of carbonyl (C=O) groups is 2. The first-order valence-electron chi connectivity index (χ1n) is 5.71. The minimum Gasteiger partial charge on any atom is -0.541 e. The van der Waals surface area contributed by atoms with Gasteiger partial charge in [-0.05, 0) is 18.6 Å². The molecule has 2 aromatic rings. The van der Waals surface area contributed by atoms with Gasteiger partial charge in [0.05, 0.1) is 11.1 Å². The predicted molar refractivity (Wildman–Crippen MR) is 74.3 cm³/mol. The molecule has 0 fully saturated rings. The van der Waals surface area contributed by atoms with E-state index in [0.717, 1.165) is 13.0 Å². The van der Waals surface area contributed by atoms with E-state index < -0.39 is 38.7 Å². The average molecular weight is 403 g/mol. The molecule has 0 amide bonds. The van der Waals surface area contributed by atoms with Crippen molar-refractivity contribution in [2.24, 2.45) is 0 Å². The maximum absolute atomic E-state index is 12.6. The summed E-state index contributed by atoms with van der Waals surface area (Å²) in [5.41, 5.74) is -6.93. The Labute approximate surface area is 140 Å². The lowest BCUT2D eigenvalue weighted by Crippen LogP contribution is -2.33. The van der Waals surface area contributed by atoms with Crippen molar-refractivity contribution in [2.75, 3.05) is 0 Å². The molecule has 0 N–H and O–H groups in total. The summed E-state index contributed by atoms with van der Waals surface area (Å²) in [5, 5.41) is 10.8. The Kier molecular flexibility index (Phi) is 4.50. The zero-order chi connectivity index (χ0) is 18.4. The Morgan fingerprint density at radius 2 is 1.96 bits per heavy atom. The number of aliphatic carboxylic acids is 1. The molecule has 0 saturated heterocycles. The number of hydrogen-bond donors (Lipinski definition) is 0. The molecule has 2 rings (SSSR count). The minimum atomic E-state index is -6.16. The summed E-state index contributed by atoms with van der Waals surface area (Å²) in [4.78, 5) is 26.2. The number of fused-ring (bicyclic) bond motifs is 1. The highest BCUT2D eigenvalue weighted by Gasteiger charge is 2.49. The van der Waals surface area contributed by atoms with Gasteiger partial charge in [0.1, 0.15) is 10.7 Å². The number of ketones is 1. The van der Waals surface area contributed by atoms with Crippen LogP contribution in [-0.4, -0.2) is 30.7 Å². The molecule has 0 atom stereocenters. The third-order valence-electron chi connectivity index (χ3n) is 2.70. The first-order chi connectivity index (χ1) is 10.8. The number of carboxylic acids is 1. The van der Waals surface area contributed by atoms with Crippen LogP contribution >= 0.6 is 22.9 Å². The number of aromatic nitrogens is 1. The number of hydrogen-bond acceptors (Lipinski definition) is 8. The molecule has 1 aromatic carbocycles. The molecule has 7 nitrogen and oxygen atoms in total. The maximum Gasteiger partial charge on any atom is 0.534 e. The Morgan fingerprint density at radius 3 is 2.46 bits per heavy atom. The Balaban J connectivity index is 2.84. The molecule has 1 aromatic heterocycles. The van der Waals surface area contributed by atoms with Crippen LogP contribution in [0.2, 0.25) is 4.47 Å². The number of rotatable bonds is 4. The van der Waals surface area contributed by atoms with E-state index >= 15 is 0 Å². The summed E-state index contributed by atoms with van der Waals surface area (Å²) in [6.45, 7) is 1.16. The quantitative estimate of drug-likeness (QED) is 0.329. The lowest BCUT2D eigenvalue weighted by molar-refractivity contribution is -0.296. The van der Waals surface area contributed by atoms with E-state index in [1.54, 1.807) is 0 Å². The molecule has 0 aliphatic carbocycles. The number of aryl methyl sites for hydroxylation is 1. The van der Waals surface area contributed by atoms with E-state index in [1.807, 2.05) is 0 Å². The van der Waals surface area contributed by atoms with Gasteiger partial charge in [0.25, 0.3) is 0 Å². The topological polar surface area (TPSA) is 113 Å². The van der Waals surface area contributed by atoms with Gasteiger partial charge >= 0.3 is 15.6 Å². The number of nitrogens with zero attached hydrogens (tertiary/aromatic N) is 1. The fraction of sp³-hybridized carbons (Fsp3) is 0.182. The summed E-state index contributed by atoms with van der Waals surface area (Å²) in [6.07, 6.45) is 0. The first-order valence-corrected chi connectivity index (χ1v) is 8.31. The number of alkyl halides is 3. The molecule has 0 bridgehead atoms. The fourth-order valence-electron chi connectivity index (χ4n) is 1.76. The number of thiazole rings is 1. The summed E-state index contributed by atoms with van der Waals surface area (Å²) in [5.74, 6) is -5.10. The molecule has 0 spiro atoms. The second kappa shape index (κ2) is 5.86. The zero-order valence-electron chi connectivity index (χ0n) is 11.3. The Bertz CT molecular complexity index is 966. The molecule has 0 unspecified atom stereocenters. The van der Waals surface area contributed by atoms with Crippen molar-refractivity contribution in [3.8, 4) is 5.75 Å². The van der Waals surface area contributed by atoms with Crippen LogP contribution in [0.1, 0.15) is 15.9 Å². The van der Waals surface area contributed by atoms with Crippen LogP contribution in [-0.2, 0) is 14.9 Å². The molecular weight excluding hydrogens is 399 g/mol. The van der Waals surface area contributed by atoms with Gasteiger partial charge in [-0.15, -0.1) is 0 Å². The van der Waals surface area contributed by atoms with Crippen molar-refractivity contribution < 1.29 is 40.5 Å². The maximum atomic E-state index is 12.6. The van der Waals surface area contributed by atoms with Crippen molar-refractivity contribution in [3.63, 3.8) is 0 Å². The summed E-state index contributed by atoms with van der Waals surface area (Å²) in [6, 6.07) is 1.15. The first kappa shape index (κ1) is 18.4. The highest BCUT2D eigenvalue weighted by Crippen LogP contribution is 2.40. The molecular formula is C11H4ClF3NO6S2-. The molecule has 0 saturated carbocycles. The molecule has 24 heavy (non-hydrogen) atoms. The van der Waals surface area contributed by atoms with E-state index in [2.05, 4.69) is 9.17 Å². The van der Waals surface area contributed by atoms with Gasteiger partial charge < -0.3 is 14.1 Å². The largest absolute Gasteiger partial charge is 0.541 e. The van der Waals surface area contributed by atoms with Gasteiger partial charge in [-0.3, -0.25) is 4.79 Å². The standard InChI is InChI=1S/C11H5ClF3NO6S2/c1-3-2-4-8(23-10(12)16-4)7(5(3)6(17)9(18)19)22-24(20,21)11(13,14)15/h2H,1H3,(H,18,19)/p-1. The number of carbonyl (C=O) groups excluding carboxylic acids is 2. The van der Waals surface area contributed by atoms with E-state index in [-0.39, 0.29) is 20.2 Å². The molecule has 130 valence electrons. The van der Waals surface area contributed by atoms with Crippen LogP contribution in [0.4, 0.5) is 13.2 Å². The van der Waals surface area contributed by atoms with Crippen LogP contribution in [0.3, 0.4) is 0 Å². The zero-order valence-corrected chi connectivity index (χ0v) is 13.7. The van der Waals surface area contributed by atoms with Gasteiger partial charge in [-0.2, -0.15) is 21.6 Å². The van der Waals surface area contributed by atoms with E-state index in [4.69, 9.17) is 11.6 Å². The van der Waals surface area contributed by atoms with Gasteiger partial charge in [0, 0.05) is 0 Å². The highest BCUT2D eigenvalue weighted by atomic mass is 35.5. The van der Waals surface area contributed by atoms with E-state index in [0.29, 0.717) is 11.3 Å². The molecule has 0 aliphatic heterocycles. The molecule has 0 radical (unpaired) electrons. The van der Waals surface area contributed by atoms with Gasteiger partial charge in [-0.1, -0.05) is 22.9 Å². The Morgan fingerprint density at radius 1 is 1.38 bits per heavy atom. The van der Waals surface area contributed by atoms with Crippen molar-refractivity contribution in [1.29, 1.82) is 0 Å². The summed E-state index contributed by atoms with van der Waals surface area (Å²) < 4.78 is 63.7. The number of carboxylic acid groups (broad SMARTS) is 1. The lowest BCUT2D eigenvalue weighted by Gasteiger charge is -2.15. The number of benzene rings is 1. The SMILES string of the molecule is Cc1cc2nc(Cl)sc2c(OS(=O)(=O)C(F)(F)F)c1C(=O)C(=O)[O-]. The fourth-order valence-corrected chi connectivity index (χ4v) is 3.37. The third kappa shape index (κ3) is 3.16. The third-order valence-corrected chi connectivity index (χ3v) is 4.82. The molecule has 1 heterocycles. The van der Waals surface area contributed by atoms with Crippen LogP contribution in [0.5, 0.6) is 5.75 Å². The Hall–Kier alpha value is -1.92. The van der Waals surface area contributed by atoms with Crippen molar-refractivity contribution >= 4 is 55.0 Å². The van der Waals surface area contributed by atoms with Crippen LogP contribution in [0, 0.1) is 6.92 Å². The highest BCUT2D eigenvalue weighted by molar-refractivity contribution is 7.88. The summed E-state index contributed by atoms with van der Waals surface area (Å²) in [7, 11) is -6.16. The molecule has 0 aliphatic rings. The van der Waals surface area contributed by atoms with Crippen molar-refractivity contribution in [3.05, 3.63) is 21.7 Å². The smallest absolute Gasteiger partial charge is 0.534 e. The van der Waals surface area contributed by atoms with E-state index in [1.165, 1.54) is 0 Å².